The van der Waals surface area contributed by atoms with Crippen molar-refractivity contribution in [2.24, 2.45) is 0 Å². The number of nitrogens with zero attached hydrogens (tertiary/aromatic N) is 2. The Morgan fingerprint density at radius 2 is 1.73 bits per heavy atom. The minimum Gasteiger partial charge on any atom is -0.496 e. The first kappa shape index (κ1) is 30.5. The number of halogens is 1. The van der Waals surface area contributed by atoms with Crippen LogP contribution in [0.1, 0.15) is 56.7 Å². The van der Waals surface area contributed by atoms with E-state index in [2.05, 4.69) is 35.4 Å². The van der Waals surface area contributed by atoms with E-state index >= 15 is 0 Å². The first-order valence-electron chi connectivity index (χ1n) is 13.9. The predicted octanol–water partition coefficient (Wildman–Crippen LogP) is 6.60. The first-order valence-corrected chi connectivity index (χ1v) is 15.6. The van der Waals surface area contributed by atoms with Crippen molar-refractivity contribution in [3.63, 3.8) is 0 Å². The van der Waals surface area contributed by atoms with Gasteiger partial charge >= 0.3 is 0 Å². The molecule has 0 unspecified atom stereocenters. The minimum atomic E-state index is -3.42. The molecule has 41 heavy (non-hydrogen) atoms. The third kappa shape index (κ3) is 8.07. The van der Waals surface area contributed by atoms with Crippen molar-refractivity contribution in [2.75, 3.05) is 44.3 Å². The molecule has 1 N–H and O–H groups in total. The number of nitrogens with one attached hydrogen (secondary N) is 1. The zero-order valence-corrected chi connectivity index (χ0v) is 25.4. The molecule has 1 aliphatic rings. The lowest BCUT2D eigenvalue weighted by atomic mass is 9.83. The molecular formula is C32H40FN3O4S. The van der Waals surface area contributed by atoms with Crippen molar-refractivity contribution < 1.29 is 22.3 Å². The summed E-state index contributed by atoms with van der Waals surface area (Å²) in [6.07, 6.45) is 8.01. The summed E-state index contributed by atoms with van der Waals surface area (Å²) in [5.74, 6) is 0.705. The van der Waals surface area contributed by atoms with E-state index in [1.165, 1.54) is 26.0 Å². The van der Waals surface area contributed by atoms with Gasteiger partial charge in [0.05, 0.1) is 26.2 Å². The van der Waals surface area contributed by atoms with Gasteiger partial charge in [-0.15, -0.1) is 0 Å². The third-order valence-corrected chi connectivity index (χ3v) is 8.55. The van der Waals surface area contributed by atoms with E-state index in [0.717, 1.165) is 53.8 Å². The molecule has 0 atom stereocenters. The lowest BCUT2D eigenvalue weighted by molar-refractivity contribution is 0.340. The molecular weight excluding hydrogens is 541 g/mol. The summed E-state index contributed by atoms with van der Waals surface area (Å²) in [5, 5.41) is 0. The minimum absolute atomic E-state index is 0.100. The average Bonchev–Trinajstić information content (AvgIpc) is 3.45. The summed E-state index contributed by atoms with van der Waals surface area (Å²) < 4.78 is 53.3. The Hall–Kier alpha value is -3.43. The van der Waals surface area contributed by atoms with Gasteiger partial charge in [-0.3, -0.25) is 4.72 Å². The van der Waals surface area contributed by atoms with E-state index in [-0.39, 0.29) is 11.2 Å². The number of pyridine rings is 1. The van der Waals surface area contributed by atoms with E-state index in [1.807, 2.05) is 36.4 Å². The van der Waals surface area contributed by atoms with Crippen LogP contribution in [0.2, 0.25) is 0 Å². The molecule has 1 saturated heterocycles. The van der Waals surface area contributed by atoms with Crippen molar-refractivity contribution in [3.8, 4) is 22.8 Å². The molecule has 1 fully saturated rings. The highest BCUT2D eigenvalue weighted by molar-refractivity contribution is 7.92. The molecule has 220 valence electrons. The van der Waals surface area contributed by atoms with Gasteiger partial charge in [-0.1, -0.05) is 45.1 Å². The lowest BCUT2D eigenvalue weighted by Crippen LogP contribution is -2.24. The molecule has 3 aromatic rings. The quantitative estimate of drug-likeness (QED) is 0.257. The SMILES string of the molecule is COc1ncc(F)cc1-c1cc(/C=C/c2ccc(NS(=O)(=O)CCCN3CCCC3)cc2)c(OC)c(C(C)(C)C)c1. The van der Waals surface area contributed by atoms with Gasteiger partial charge in [0.25, 0.3) is 0 Å². The molecule has 0 aliphatic carbocycles. The fourth-order valence-corrected chi connectivity index (χ4v) is 6.18. The van der Waals surface area contributed by atoms with Gasteiger partial charge in [-0.2, -0.15) is 0 Å². The van der Waals surface area contributed by atoms with Crippen LogP contribution in [-0.2, 0) is 15.4 Å². The van der Waals surface area contributed by atoms with Gasteiger partial charge < -0.3 is 14.4 Å². The second kappa shape index (κ2) is 13.0. The van der Waals surface area contributed by atoms with Crippen molar-refractivity contribution >= 4 is 27.9 Å². The van der Waals surface area contributed by atoms with E-state index in [0.29, 0.717) is 23.6 Å². The summed E-state index contributed by atoms with van der Waals surface area (Å²) in [5.41, 5.74) is 4.23. The van der Waals surface area contributed by atoms with E-state index in [4.69, 9.17) is 9.47 Å². The van der Waals surface area contributed by atoms with Crippen LogP contribution >= 0.6 is 0 Å². The third-order valence-electron chi connectivity index (χ3n) is 7.18. The summed E-state index contributed by atoms with van der Waals surface area (Å²) in [4.78, 5) is 6.42. The first-order chi connectivity index (χ1) is 19.5. The van der Waals surface area contributed by atoms with Crippen molar-refractivity contribution in [3.05, 3.63) is 71.2 Å². The van der Waals surface area contributed by atoms with Crippen LogP contribution in [0, 0.1) is 5.82 Å². The Labute approximate surface area is 243 Å². The summed E-state index contributed by atoms with van der Waals surface area (Å²) in [6.45, 7) is 9.22. The molecule has 1 aliphatic heterocycles. The van der Waals surface area contributed by atoms with Crippen LogP contribution in [0.4, 0.5) is 10.1 Å². The second-order valence-electron chi connectivity index (χ2n) is 11.4. The molecule has 4 rings (SSSR count). The molecule has 0 bridgehead atoms. The van der Waals surface area contributed by atoms with Gasteiger partial charge in [-0.25, -0.2) is 17.8 Å². The molecule has 0 saturated carbocycles. The van der Waals surface area contributed by atoms with Gasteiger partial charge in [0, 0.05) is 22.4 Å². The van der Waals surface area contributed by atoms with Gasteiger partial charge in [0.15, 0.2) is 0 Å². The monoisotopic (exact) mass is 581 g/mol. The zero-order chi connectivity index (χ0) is 29.6. The number of hydrogen-bond donors (Lipinski definition) is 1. The van der Waals surface area contributed by atoms with Crippen LogP contribution in [0.25, 0.3) is 23.3 Å². The summed E-state index contributed by atoms with van der Waals surface area (Å²) in [7, 11) is -0.268. The highest BCUT2D eigenvalue weighted by atomic mass is 32.2. The number of methoxy groups -OCH3 is 2. The largest absolute Gasteiger partial charge is 0.496 e. The molecule has 0 amide bonds. The topological polar surface area (TPSA) is 80.8 Å². The highest BCUT2D eigenvalue weighted by Crippen LogP contribution is 2.40. The number of anilines is 1. The van der Waals surface area contributed by atoms with Crippen LogP contribution in [0.5, 0.6) is 11.6 Å². The molecule has 2 aromatic carbocycles. The van der Waals surface area contributed by atoms with E-state index in [1.54, 1.807) is 19.2 Å². The smallest absolute Gasteiger partial charge is 0.232 e. The number of aromatic nitrogens is 1. The maximum absolute atomic E-state index is 14.2. The van der Waals surface area contributed by atoms with Gasteiger partial charge in [0.1, 0.15) is 11.6 Å². The molecule has 2 heterocycles. The normalized spacial score (nSPS) is 14.5. The molecule has 7 nitrogen and oxygen atoms in total. The Balaban J connectivity index is 1.56. The summed E-state index contributed by atoms with van der Waals surface area (Å²) in [6, 6.07) is 12.6. The van der Waals surface area contributed by atoms with Gasteiger partial charge in [0.2, 0.25) is 15.9 Å². The maximum Gasteiger partial charge on any atom is 0.232 e. The number of ether oxygens (including phenoxy) is 2. The van der Waals surface area contributed by atoms with Crippen molar-refractivity contribution in [1.82, 2.24) is 9.88 Å². The molecule has 9 heteroatoms. The van der Waals surface area contributed by atoms with Gasteiger partial charge in [-0.05, 0) is 85.8 Å². The maximum atomic E-state index is 14.2. The Kier molecular flexibility index (Phi) is 9.71. The van der Waals surface area contributed by atoms with E-state index in [9.17, 15) is 12.8 Å². The number of sulfonamides is 1. The lowest BCUT2D eigenvalue weighted by Gasteiger charge is -2.25. The van der Waals surface area contributed by atoms with Crippen LogP contribution in [-0.4, -0.2) is 57.9 Å². The zero-order valence-electron chi connectivity index (χ0n) is 24.5. The van der Waals surface area contributed by atoms with E-state index < -0.39 is 15.8 Å². The Morgan fingerprint density at radius 1 is 1.02 bits per heavy atom. The van der Waals surface area contributed by atoms with Crippen LogP contribution in [0.15, 0.2) is 48.7 Å². The van der Waals surface area contributed by atoms with Crippen molar-refractivity contribution in [1.29, 1.82) is 0 Å². The fraction of sp³-hybridized carbons (Fsp3) is 0.406. The average molecular weight is 582 g/mol. The van der Waals surface area contributed by atoms with Crippen molar-refractivity contribution in [2.45, 2.75) is 45.4 Å². The Bertz CT molecular complexity index is 1480. The number of hydrogen-bond acceptors (Lipinski definition) is 6. The molecule has 1 aromatic heterocycles. The highest BCUT2D eigenvalue weighted by Gasteiger charge is 2.23. The fourth-order valence-electron chi connectivity index (χ4n) is 5.07. The Morgan fingerprint density at radius 3 is 2.37 bits per heavy atom. The van der Waals surface area contributed by atoms with Crippen LogP contribution < -0.4 is 14.2 Å². The second-order valence-corrected chi connectivity index (χ2v) is 13.2. The molecule has 0 spiro atoms. The number of rotatable bonds is 11. The predicted molar refractivity (Wildman–Crippen MR) is 165 cm³/mol. The number of benzene rings is 2. The standard InChI is InChI=1S/C32H40FN3O4S/c1-32(2,3)29-20-25(28-21-26(33)22-34-31(28)40-5)19-24(30(29)39-4)12-9-23-10-13-27(14-11-23)35-41(37,38)18-8-17-36-15-6-7-16-36/h9-14,19-22,35H,6-8,15-18H2,1-5H3/b12-9+. The van der Waals surface area contributed by atoms with Crippen LogP contribution in [0.3, 0.4) is 0 Å². The summed E-state index contributed by atoms with van der Waals surface area (Å²) >= 11 is 0. The number of likely N-dealkylation sites (tertiary alicyclic amines) is 1. The molecule has 0 radical (unpaired) electrons.